The summed E-state index contributed by atoms with van der Waals surface area (Å²) in [5.74, 6) is -0.132. The Balaban J connectivity index is 1.61. The van der Waals surface area contributed by atoms with Crippen molar-refractivity contribution in [1.82, 2.24) is 14.5 Å². The van der Waals surface area contributed by atoms with Gasteiger partial charge in [0, 0.05) is 38.3 Å². The molecule has 9 heteroatoms. The molecule has 162 valence electrons. The van der Waals surface area contributed by atoms with Gasteiger partial charge in [-0.1, -0.05) is 18.2 Å². The predicted molar refractivity (Wildman–Crippen MR) is 116 cm³/mol. The smallest absolute Gasteiger partial charge is 0.245 e. The van der Waals surface area contributed by atoms with Gasteiger partial charge in [-0.05, 0) is 45.2 Å². The van der Waals surface area contributed by atoms with Crippen molar-refractivity contribution in [2.75, 3.05) is 26.2 Å². The first-order chi connectivity index (χ1) is 13.6. The summed E-state index contributed by atoms with van der Waals surface area (Å²) in [4.78, 5) is 16.3. The third kappa shape index (κ3) is 5.07. The van der Waals surface area contributed by atoms with Crippen LogP contribution in [-0.2, 0) is 14.8 Å². The molecule has 3 atom stereocenters. The molecule has 0 radical (unpaired) electrons. The number of piperazine rings is 1. The minimum atomic E-state index is -3.63. The lowest BCUT2D eigenvalue weighted by molar-refractivity contribution is -0.137. The second-order valence-corrected chi connectivity index (χ2v) is 11.1. The first-order valence-corrected chi connectivity index (χ1v) is 12.4. The van der Waals surface area contributed by atoms with Crippen LogP contribution in [-0.4, -0.2) is 72.6 Å². The normalized spacial score (nSPS) is 29.2. The van der Waals surface area contributed by atoms with E-state index in [0.717, 1.165) is 13.1 Å². The van der Waals surface area contributed by atoms with E-state index < -0.39 is 20.3 Å². The van der Waals surface area contributed by atoms with Gasteiger partial charge in [0.1, 0.15) is 4.87 Å². The van der Waals surface area contributed by atoms with Crippen LogP contribution in [0.2, 0.25) is 0 Å². The van der Waals surface area contributed by atoms with Crippen LogP contribution in [0.5, 0.6) is 0 Å². The minimum Gasteiger partial charge on any atom is -0.339 e. The largest absolute Gasteiger partial charge is 0.339 e. The first-order valence-electron chi connectivity index (χ1n) is 10.1. The number of benzene rings is 1. The molecule has 1 aromatic rings. The number of rotatable bonds is 5. The van der Waals surface area contributed by atoms with E-state index in [1.54, 1.807) is 35.2 Å². The predicted octanol–water partition coefficient (Wildman–Crippen LogP) is 2.66. The van der Waals surface area contributed by atoms with E-state index in [-0.39, 0.29) is 16.8 Å². The van der Waals surface area contributed by atoms with Gasteiger partial charge in [0.15, 0.2) is 0 Å². The Morgan fingerprint density at radius 2 is 1.79 bits per heavy atom. The molecule has 6 nitrogen and oxygen atoms in total. The molecule has 1 aliphatic carbocycles. The van der Waals surface area contributed by atoms with Gasteiger partial charge in [0.25, 0.3) is 0 Å². The molecule has 1 saturated carbocycles. The van der Waals surface area contributed by atoms with Crippen LogP contribution >= 0.6 is 23.2 Å². The van der Waals surface area contributed by atoms with Crippen LogP contribution in [0.1, 0.15) is 33.1 Å². The van der Waals surface area contributed by atoms with Crippen molar-refractivity contribution in [2.45, 2.75) is 60.3 Å². The summed E-state index contributed by atoms with van der Waals surface area (Å²) < 4.78 is 27.9. The van der Waals surface area contributed by atoms with Crippen molar-refractivity contribution in [2.24, 2.45) is 0 Å². The van der Waals surface area contributed by atoms with E-state index in [1.807, 2.05) is 0 Å². The minimum absolute atomic E-state index is 0.132. The zero-order valence-electron chi connectivity index (χ0n) is 16.9. The van der Waals surface area contributed by atoms with E-state index in [4.69, 9.17) is 23.2 Å². The zero-order chi connectivity index (χ0) is 21.2. The van der Waals surface area contributed by atoms with Gasteiger partial charge in [0.2, 0.25) is 15.9 Å². The molecule has 1 N–H and O–H groups in total. The topological polar surface area (TPSA) is 69.7 Å². The molecule has 0 aromatic heterocycles. The lowest BCUT2D eigenvalue weighted by Gasteiger charge is -2.44. The molecule has 29 heavy (non-hydrogen) atoms. The second-order valence-electron chi connectivity index (χ2n) is 8.16. The van der Waals surface area contributed by atoms with Crippen LogP contribution < -0.4 is 4.72 Å². The number of hydrogen-bond donors (Lipinski definition) is 1. The standard InChI is InChI=1S/C20H29Cl2N3O3S/c1-15(2)24-10-12-25(13-11-24)19(26)20(22)9-8-16(14-18(20)21)23-29(27,28)17-6-4-3-5-7-17/h3-7,15-16,18,23H,8-14H2,1-2H3. The quantitative estimate of drug-likeness (QED) is 0.684. The molecule has 0 spiro atoms. The van der Waals surface area contributed by atoms with Crippen molar-refractivity contribution >= 4 is 39.1 Å². The summed E-state index contributed by atoms with van der Waals surface area (Å²) in [6.45, 7) is 7.21. The Morgan fingerprint density at radius 1 is 1.17 bits per heavy atom. The lowest BCUT2D eigenvalue weighted by atomic mass is 9.84. The maximum Gasteiger partial charge on any atom is 0.245 e. The van der Waals surface area contributed by atoms with Gasteiger partial charge in [0.05, 0.1) is 10.3 Å². The Labute approximate surface area is 183 Å². The van der Waals surface area contributed by atoms with Gasteiger partial charge >= 0.3 is 0 Å². The number of hydrogen-bond acceptors (Lipinski definition) is 4. The molecule has 0 bridgehead atoms. The van der Waals surface area contributed by atoms with E-state index in [2.05, 4.69) is 23.5 Å². The van der Waals surface area contributed by atoms with Crippen molar-refractivity contribution in [3.05, 3.63) is 30.3 Å². The number of halogens is 2. The highest BCUT2D eigenvalue weighted by Crippen LogP contribution is 2.40. The number of sulfonamides is 1. The average Bonchev–Trinajstić information content (AvgIpc) is 2.71. The first kappa shape index (κ1) is 22.8. The third-order valence-corrected chi connectivity index (χ3v) is 8.72. The highest BCUT2D eigenvalue weighted by molar-refractivity contribution is 7.89. The van der Waals surface area contributed by atoms with E-state index in [1.165, 1.54) is 0 Å². The van der Waals surface area contributed by atoms with Gasteiger partial charge in [-0.3, -0.25) is 9.69 Å². The summed E-state index contributed by atoms with van der Waals surface area (Å²) in [6.07, 6.45) is 1.12. The summed E-state index contributed by atoms with van der Waals surface area (Å²) >= 11 is 13.3. The van der Waals surface area contributed by atoms with Gasteiger partial charge in [-0.25, -0.2) is 13.1 Å². The van der Waals surface area contributed by atoms with Gasteiger partial charge in [-0.2, -0.15) is 0 Å². The molecular formula is C20H29Cl2N3O3S. The Bertz CT molecular complexity index is 814. The van der Waals surface area contributed by atoms with Crippen molar-refractivity contribution in [1.29, 1.82) is 0 Å². The van der Waals surface area contributed by atoms with Crippen LogP contribution in [0, 0.1) is 0 Å². The number of nitrogens with one attached hydrogen (secondary N) is 1. The number of nitrogens with zero attached hydrogens (tertiary/aromatic N) is 2. The van der Waals surface area contributed by atoms with E-state index in [9.17, 15) is 13.2 Å². The molecule has 3 unspecified atom stereocenters. The molecule has 1 aromatic carbocycles. The summed E-state index contributed by atoms with van der Waals surface area (Å²) in [7, 11) is -3.63. The fraction of sp³-hybridized carbons (Fsp3) is 0.650. The van der Waals surface area contributed by atoms with Gasteiger partial charge in [-0.15, -0.1) is 23.2 Å². The highest BCUT2D eigenvalue weighted by atomic mass is 35.5. The fourth-order valence-corrected chi connectivity index (χ4v) is 6.07. The number of amides is 1. The molecule has 2 fully saturated rings. The zero-order valence-corrected chi connectivity index (χ0v) is 19.2. The number of carbonyl (C=O) groups excluding carboxylic acids is 1. The van der Waals surface area contributed by atoms with Crippen molar-refractivity contribution in [3.63, 3.8) is 0 Å². The molecule has 2 aliphatic rings. The summed E-state index contributed by atoms with van der Waals surface area (Å²) in [5, 5.41) is -0.642. The molecular weight excluding hydrogens is 433 g/mol. The SMILES string of the molecule is CC(C)N1CCN(C(=O)C2(Cl)CCC(NS(=O)(=O)c3ccccc3)CC2Cl)CC1. The molecule has 1 aliphatic heterocycles. The number of alkyl halides is 2. The van der Waals surface area contributed by atoms with Crippen molar-refractivity contribution < 1.29 is 13.2 Å². The van der Waals surface area contributed by atoms with Crippen LogP contribution in [0.4, 0.5) is 0 Å². The van der Waals surface area contributed by atoms with Crippen molar-refractivity contribution in [3.8, 4) is 0 Å². The Morgan fingerprint density at radius 3 is 2.34 bits per heavy atom. The van der Waals surface area contributed by atoms with Gasteiger partial charge < -0.3 is 4.90 Å². The fourth-order valence-electron chi connectivity index (χ4n) is 4.03. The average molecular weight is 462 g/mol. The maximum absolute atomic E-state index is 13.1. The Hall–Kier alpha value is -0.860. The lowest BCUT2D eigenvalue weighted by Crippen LogP contribution is -2.59. The molecule has 1 amide bonds. The second kappa shape index (κ2) is 9.10. The third-order valence-electron chi connectivity index (χ3n) is 5.91. The summed E-state index contributed by atoms with van der Waals surface area (Å²) in [6, 6.07) is 8.34. The van der Waals surface area contributed by atoms with Crippen LogP contribution in [0.15, 0.2) is 35.2 Å². The van der Waals surface area contributed by atoms with E-state index in [0.29, 0.717) is 38.4 Å². The number of carbonyl (C=O) groups is 1. The summed E-state index contributed by atoms with van der Waals surface area (Å²) in [5.41, 5.74) is 0. The molecule has 1 saturated heterocycles. The highest BCUT2D eigenvalue weighted by Gasteiger charge is 2.49. The monoisotopic (exact) mass is 461 g/mol. The van der Waals surface area contributed by atoms with E-state index >= 15 is 0 Å². The Kier molecular flexibility index (Phi) is 7.16. The molecule has 3 rings (SSSR count). The van der Waals surface area contributed by atoms with Crippen LogP contribution in [0.25, 0.3) is 0 Å². The van der Waals surface area contributed by atoms with Crippen LogP contribution in [0.3, 0.4) is 0 Å². The maximum atomic E-state index is 13.1. The molecule has 1 heterocycles.